The maximum absolute atomic E-state index is 3.75. The molecular weight excluding hydrogens is 268 g/mol. The summed E-state index contributed by atoms with van der Waals surface area (Å²) >= 11 is 0. The Bertz CT molecular complexity index is 510. The average Bonchev–Trinajstić information content (AvgIpc) is 3.12. The van der Waals surface area contributed by atoms with Crippen LogP contribution >= 0.6 is 0 Å². The molecule has 2 saturated carbocycles. The highest BCUT2D eigenvalue weighted by Gasteiger charge is 2.45. The molecule has 0 aromatic rings. The fourth-order valence-corrected chi connectivity index (χ4v) is 6.29. The molecule has 0 aromatic carbocycles. The highest BCUT2D eigenvalue weighted by atomic mass is 15.2. The Kier molecular flexibility index (Phi) is 3.18. The molecule has 0 aromatic heterocycles. The summed E-state index contributed by atoms with van der Waals surface area (Å²) in [5, 5.41) is 3.75. The Hall–Kier alpha value is -0.760. The number of nitrogens with one attached hydrogen (secondary N) is 1. The number of nitrogens with zero attached hydrogens (tertiary/aromatic N) is 1. The van der Waals surface area contributed by atoms with Crippen LogP contribution in [0.2, 0.25) is 0 Å². The van der Waals surface area contributed by atoms with Crippen LogP contribution in [-0.4, -0.2) is 30.6 Å². The fraction of sp³-hybridized carbons (Fsp3) is 0.800. The van der Waals surface area contributed by atoms with Crippen LogP contribution in [0.1, 0.15) is 57.8 Å². The van der Waals surface area contributed by atoms with Crippen LogP contribution in [0.3, 0.4) is 0 Å². The van der Waals surface area contributed by atoms with E-state index < -0.39 is 0 Å². The first-order valence-corrected chi connectivity index (χ1v) is 9.72. The third-order valence-electron chi connectivity index (χ3n) is 7.60. The molecule has 2 heteroatoms. The highest BCUT2D eigenvalue weighted by molar-refractivity contribution is 5.39. The molecule has 22 heavy (non-hydrogen) atoms. The van der Waals surface area contributed by atoms with Crippen LogP contribution in [0.15, 0.2) is 23.4 Å². The van der Waals surface area contributed by atoms with E-state index in [1.165, 1.54) is 71.0 Å². The van der Waals surface area contributed by atoms with Crippen molar-refractivity contribution in [1.29, 1.82) is 0 Å². The van der Waals surface area contributed by atoms with Crippen LogP contribution in [0.5, 0.6) is 0 Å². The maximum atomic E-state index is 3.75. The van der Waals surface area contributed by atoms with Crippen molar-refractivity contribution in [2.75, 3.05) is 19.6 Å². The summed E-state index contributed by atoms with van der Waals surface area (Å²) in [6, 6.07) is 0.931. The first-order chi connectivity index (χ1) is 10.8. The number of hydrogen-bond acceptors (Lipinski definition) is 2. The summed E-state index contributed by atoms with van der Waals surface area (Å²) in [6.45, 7) is 3.91. The van der Waals surface area contributed by atoms with E-state index in [0.29, 0.717) is 5.41 Å². The molecule has 0 radical (unpaired) electrons. The van der Waals surface area contributed by atoms with Crippen molar-refractivity contribution < 1.29 is 0 Å². The lowest BCUT2D eigenvalue weighted by Crippen LogP contribution is -2.49. The van der Waals surface area contributed by atoms with Gasteiger partial charge in [-0.25, -0.2) is 0 Å². The van der Waals surface area contributed by atoms with Crippen molar-refractivity contribution in [1.82, 2.24) is 10.2 Å². The Morgan fingerprint density at radius 1 is 1.09 bits per heavy atom. The van der Waals surface area contributed by atoms with Gasteiger partial charge in [-0.15, -0.1) is 0 Å². The van der Waals surface area contributed by atoms with Crippen molar-refractivity contribution in [3.8, 4) is 0 Å². The van der Waals surface area contributed by atoms with E-state index >= 15 is 0 Å². The molecule has 3 fully saturated rings. The van der Waals surface area contributed by atoms with Gasteiger partial charge in [0.15, 0.2) is 0 Å². The van der Waals surface area contributed by atoms with Crippen LogP contribution < -0.4 is 5.32 Å². The van der Waals surface area contributed by atoms with Crippen LogP contribution in [0.4, 0.5) is 0 Å². The normalized spacial score (nSPS) is 40.1. The van der Waals surface area contributed by atoms with Gasteiger partial charge in [-0.1, -0.05) is 18.6 Å². The molecule has 2 bridgehead atoms. The lowest BCUT2D eigenvalue weighted by atomic mass is 9.71. The third kappa shape index (κ3) is 2.02. The van der Waals surface area contributed by atoms with Crippen molar-refractivity contribution in [3.63, 3.8) is 0 Å². The Morgan fingerprint density at radius 2 is 1.95 bits per heavy atom. The second-order valence-electron chi connectivity index (χ2n) is 8.59. The number of piperidine rings is 1. The van der Waals surface area contributed by atoms with Gasteiger partial charge in [-0.2, -0.15) is 0 Å². The molecule has 3 atom stereocenters. The van der Waals surface area contributed by atoms with Crippen molar-refractivity contribution in [3.05, 3.63) is 23.4 Å². The maximum Gasteiger partial charge on any atom is 0.0242 e. The topological polar surface area (TPSA) is 15.3 Å². The van der Waals surface area contributed by atoms with Crippen LogP contribution in [0, 0.1) is 17.3 Å². The zero-order valence-corrected chi connectivity index (χ0v) is 13.8. The zero-order valence-electron chi connectivity index (χ0n) is 13.8. The smallest absolute Gasteiger partial charge is 0.0242 e. The molecule has 2 nitrogen and oxygen atoms in total. The summed E-state index contributed by atoms with van der Waals surface area (Å²) in [7, 11) is 0. The molecule has 5 rings (SSSR count). The minimum Gasteiger partial charge on any atom is -0.387 e. The van der Waals surface area contributed by atoms with E-state index in [9.17, 15) is 0 Å². The van der Waals surface area contributed by atoms with Crippen molar-refractivity contribution in [2.45, 2.75) is 63.8 Å². The van der Waals surface area contributed by atoms with Crippen molar-refractivity contribution in [2.24, 2.45) is 17.3 Å². The standard InChI is InChI=1S/C20H30N2/c1-2-4-18-17(3-1)20(14-21-18)9-11-22(12-10-20)19-8-6-15-5-7-16(19)13-15/h1,3,15-16,19,21H,2,4-14H2. The first kappa shape index (κ1) is 13.7. The van der Waals surface area contributed by atoms with Crippen molar-refractivity contribution >= 4 is 0 Å². The molecule has 3 unspecified atom stereocenters. The predicted octanol–water partition coefficient (Wildman–Crippen LogP) is 3.85. The molecule has 0 amide bonds. The first-order valence-electron chi connectivity index (χ1n) is 9.72. The summed E-state index contributed by atoms with van der Waals surface area (Å²) in [5.41, 5.74) is 3.74. The van der Waals surface area contributed by atoms with Gasteiger partial charge in [0.2, 0.25) is 0 Å². The molecule has 1 N–H and O–H groups in total. The monoisotopic (exact) mass is 298 g/mol. The molecular formula is C20H30N2. The van der Waals surface area contributed by atoms with E-state index in [-0.39, 0.29) is 0 Å². The lowest BCUT2D eigenvalue weighted by Gasteiger charge is -2.46. The third-order valence-corrected chi connectivity index (χ3v) is 7.60. The Labute approximate surface area is 135 Å². The van der Waals surface area contributed by atoms with Gasteiger partial charge in [-0.05, 0) is 81.9 Å². The van der Waals surface area contributed by atoms with Gasteiger partial charge in [0, 0.05) is 23.7 Å². The molecule has 120 valence electrons. The van der Waals surface area contributed by atoms with E-state index in [4.69, 9.17) is 0 Å². The minimum absolute atomic E-state index is 0.482. The van der Waals surface area contributed by atoms with Gasteiger partial charge < -0.3 is 10.2 Å². The average molecular weight is 298 g/mol. The van der Waals surface area contributed by atoms with E-state index in [2.05, 4.69) is 22.4 Å². The minimum atomic E-state index is 0.482. The van der Waals surface area contributed by atoms with Crippen LogP contribution in [0.25, 0.3) is 0 Å². The molecule has 2 heterocycles. The number of hydrogen-bond donors (Lipinski definition) is 1. The van der Waals surface area contributed by atoms with Gasteiger partial charge in [0.1, 0.15) is 0 Å². The highest BCUT2D eigenvalue weighted by Crippen LogP contribution is 2.49. The molecule has 1 saturated heterocycles. The van der Waals surface area contributed by atoms with E-state index in [0.717, 1.165) is 17.9 Å². The largest absolute Gasteiger partial charge is 0.387 e. The summed E-state index contributed by atoms with van der Waals surface area (Å²) < 4.78 is 0. The quantitative estimate of drug-likeness (QED) is 0.791. The second-order valence-corrected chi connectivity index (χ2v) is 8.59. The number of fused-ring (bicyclic) bond motifs is 3. The Morgan fingerprint density at radius 3 is 2.86 bits per heavy atom. The van der Waals surface area contributed by atoms with Gasteiger partial charge in [0.25, 0.3) is 0 Å². The second kappa shape index (κ2) is 5.12. The lowest BCUT2D eigenvalue weighted by molar-refractivity contribution is 0.0547. The van der Waals surface area contributed by atoms with E-state index in [1.807, 2.05) is 0 Å². The SMILES string of the molecule is C1=CC2=C(CC1)NCC21CCN(C2CCC3CCC2C3)CC1. The van der Waals surface area contributed by atoms with Crippen LogP contribution in [-0.2, 0) is 0 Å². The zero-order chi connectivity index (χ0) is 14.6. The fourth-order valence-electron chi connectivity index (χ4n) is 6.29. The molecule has 1 spiro atoms. The van der Waals surface area contributed by atoms with Gasteiger partial charge in [-0.3, -0.25) is 0 Å². The van der Waals surface area contributed by atoms with Gasteiger partial charge in [0.05, 0.1) is 0 Å². The molecule has 5 aliphatic rings. The number of allylic oxidation sites excluding steroid dienone is 3. The number of likely N-dealkylation sites (tertiary alicyclic amines) is 1. The Balaban J connectivity index is 1.29. The summed E-state index contributed by atoms with van der Waals surface area (Å²) in [4.78, 5) is 2.89. The predicted molar refractivity (Wildman–Crippen MR) is 90.5 cm³/mol. The number of rotatable bonds is 1. The van der Waals surface area contributed by atoms with E-state index in [1.54, 1.807) is 17.7 Å². The summed E-state index contributed by atoms with van der Waals surface area (Å²) in [5.74, 6) is 2.13. The summed E-state index contributed by atoms with van der Waals surface area (Å²) in [6.07, 6.45) is 17.7. The van der Waals surface area contributed by atoms with Gasteiger partial charge >= 0.3 is 0 Å². The molecule has 3 aliphatic carbocycles. The molecule has 2 aliphatic heterocycles.